The third-order valence-electron chi connectivity index (χ3n) is 4.22. The maximum atomic E-state index is 12.4. The second kappa shape index (κ2) is 8.33. The fourth-order valence-electron chi connectivity index (χ4n) is 2.64. The molecule has 0 heterocycles. The highest BCUT2D eigenvalue weighted by atomic mass is 16.5. The maximum Gasteiger partial charge on any atom is 0.408 e. The zero-order valence-electron chi connectivity index (χ0n) is 14.8. The Kier molecular flexibility index (Phi) is 6.17. The summed E-state index contributed by atoms with van der Waals surface area (Å²) in [4.78, 5) is 24.6. The fourth-order valence-corrected chi connectivity index (χ4v) is 2.64. The number of carbonyl (C=O) groups is 2. The smallest absolute Gasteiger partial charge is 0.408 e. The van der Waals surface area contributed by atoms with Crippen molar-refractivity contribution in [3.8, 4) is 0 Å². The molecular weight excluding hydrogens is 316 g/mol. The fraction of sp³-hybridized carbons (Fsp3) is 0.300. The minimum atomic E-state index is -0.761. The number of rotatable bonds is 6. The Morgan fingerprint density at radius 3 is 2.12 bits per heavy atom. The summed E-state index contributed by atoms with van der Waals surface area (Å²) in [7, 11) is 1.55. The topological polar surface area (TPSA) is 67.4 Å². The van der Waals surface area contributed by atoms with Crippen LogP contribution in [0.1, 0.15) is 25.0 Å². The van der Waals surface area contributed by atoms with Gasteiger partial charge in [0.25, 0.3) is 0 Å². The summed E-state index contributed by atoms with van der Waals surface area (Å²) in [6.45, 7) is 3.98. The number of hydrogen-bond acceptors (Lipinski definition) is 3. The monoisotopic (exact) mass is 340 g/mol. The Hall–Kier alpha value is -2.82. The van der Waals surface area contributed by atoms with Crippen LogP contribution in [0, 0.1) is 0 Å². The highest BCUT2D eigenvalue weighted by Crippen LogP contribution is 2.27. The number of alkyl carbamates (subject to hydrolysis) is 1. The molecule has 0 aliphatic rings. The molecule has 0 saturated heterocycles. The Labute approximate surface area is 148 Å². The van der Waals surface area contributed by atoms with Crippen LogP contribution in [0.3, 0.4) is 0 Å². The van der Waals surface area contributed by atoms with Crippen molar-refractivity contribution in [1.82, 2.24) is 10.6 Å². The van der Waals surface area contributed by atoms with Crippen LogP contribution in [0.4, 0.5) is 4.79 Å². The summed E-state index contributed by atoms with van der Waals surface area (Å²) in [5.74, 6) is -0.273. The SMILES string of the molecule is CNC(=O)C(NC(=O)OCc1ccccc1)C(C)(C)c1ccccc1. The molecule has 5 heteroatoms. The lowest BCUT2D eigenvalue weighted by Gasteiger charge is -2.33. The molecule has 2 aromatic carbocycles. The van der Waals surface area contributed by atoms with Gasteiger partial charge in [0.15, 0.2) is 0 Å². The highest BCUT2D eigenvalue weighted by molar-refractivity contribution is 5.87. The van der Waals surface area contributed by atoms with Gasteiger partial charge >= 0.3 is 6.09 Å². The summed E-state index contributed by atoms with van der Waals surface area (Å²) in [6.07, 6.45) is -0.624. The molecular formula is C20H24N2O3. The normalized spacial score (nSPS) is 12.1. The van der Waals surface area contributed by atoms with E-state index in [0.29, 0.717) is 0 Å². The molecule has 132 valence electrons. The second-order valence-corrected chi connectivity index (χ2v) is 6.34. The first-order valence-electron chi connectivity index (χ1n) is 8.19. The molecule has 25 heavy (non-hydrogen) atoms. The van der Waals surface area contributed by atoms with E-state index in [1.54, 1.807) is 7.05 Å². The van der Waals surface area contributed by atoms with Crippen LogP contribution in [-0.2, 0) is 21.6 Å². The molecule has 0 bridgehead atoms. The molecule has 1 atom stereocenters. The maximum absolute atomic E-state index is 12.4. The summed E-state index contributed by atoms with van der Waals surface area (Å²) in [5.41, 5.74) is 1.23. The van der Waals surface area contributed by atoms with Gasteiger partial charge in [-0.2, -0.15) is 0 Å². The Morgan fingerprint density at radius 2 is 1.56 bits per heavy atom. The Bertz CT molecular complexity index is 699. The predicted molar refractivity (Wildman–Crippen MR) is 97.1 cm³/mol. The van der Waals surface area contributed by atoms with Crippen LogP contribution < -0.4 is 10.6 Å². The molecule has 1 unspecified atom stereocenters. The molecule has 2 amide bonds. The van der Waals surface area contributed by atoms with Gasteiger partial charge in [-0.15, -0.1) is 0 Å². The lowest BCUT2D eigenvalue weighted by Crippen LogP contribution is -2.55. The minimum absolute atomic E-state index is 0.152. The largest absolute Gasteiger partial charge is 0.445 e. The molecule has 2 aromatic rings. The van der Waals surface area contributed by atoms with Crippen molar-refractivity contribution in [3.63, 3.8) is 0 Å². The van der Waals surface area contributed by atoms with Gasteiger partial charge in [0, 0.05) is 12.5 Å². The number of likely N-dealkylation sites (N-methyl/N-ethyl adjacent to an activating group) is 1. The first-order chi connectivity index (χ1) is 11.9. The van der Waals surface area contributed by atoms with Crippen molar-refractivity contribution in [2.45, 2.75) is 31.9 Å². The third-order valence-corrected chi connectivity index (χ3v) is 4.22. The molecule has 0 aliphatic heterocycles. The zero-order valence-corrected chi connectivity index (χ0v) is 14.8. The highest BCUT2D eigenvalue weighted by Gasteiger charge is 2.37. The van der Waals surface area contributed by atoms with Crippen molar-refractivity contribution >= 4 is 12.0 Å². The summed E-state index contributed by atoms with van der Waals surface area (Å²) in [6, 6.07) is 18.2. The van der Waals surface area contributed by atoms with E-state index in [-0.39, 0.29) is 12.5 Å². The van der Waals surface area contributed by atoms with Gasteiger partial charge < -0.3 is 15.4 Å². The van der Waals surface area contributed by atoms with Gasteiger partial charge in [-0.25, -0.2) is 4.79 Å². The zero-order chi connectivity index (χ0) is 18.3. The molecule has 2 N–H and O–H groups in total. The number of amides is 2. The quantitative estimate of drug-likeness (QED) is 0.849. The molecule has 0 aromatic heterocycles. The van der Waals surface area contributed by atoms with Gasteiger partial charge in [-0.3, -0.25) is 4.79 Å². The molecule has 0 spiro atoms. The van der Waals surface area contributed by atoms with Crippen molar-refractivity contribution in [2.24, 2.45) is 0 Å². The van der Waals surface area contributed by atoms with E-state index in [9.17, 15) is 9.59 Å². The number of ether oxygens (including phenoxy) is 1. The number of nitrogens with one attached hydrogen (secondary N) is 2. The second-order valence-electron chi connectivity index (χ2n) is 6.34. The van der Waals surface area contributed by atoms with E-state index in [4.69, 9.17) is 4.74 Å². The van der Waals surface area contributed by atoms with E-state index in [1.165, 1.54) is 0 Å². The molecule has 0 radical (unpaired) electrons. The summed E-state index contributed by atoms with van der Waals surface area (Å²) in [5, 5.41) is 5.31. The van der Waals surface area contributed by atoms with Gasteiger partial charge in [0.05, 0.1) is 0 Å². The van der Waals surface area contributed by atoms with Crippen molar-refractivity contribution in [1.29, 1.82) is 0 Å². The van der Waals surface area contributed by atoms with Crippen LogP contribution >= 0.6 is 0 Å². The van der Waals surface area contributed by atoms with Gasteiger partial charge in [-0.05, 0) is 11.1 Å². The summed E-state index contributed by atoms with van der Waals surface area (Å²) >= 11 is 0. The van der Waals surface area contributed by atoms with E-state index in [0.717, 1.165) is 11.1 Å². The van der Waals surface area contributed by atoms with Gasteiger partial charge in [0.1, 0.15) is 12.6 Å². The minimum Gasteiger partial charge on any atom is -0.445 e. The average molecular weight is 340 g/mol. The lowest BCUT2D eigenvalue weighted by atomic mass is 9.77. The Balaban J connectivity index is 2.09. The van der Waals surface area contributed by atoms with Crippen molar-refractivity contribution < 1.29 is 14.3 Å². The first kappa shape index (κ1) is 18.5. The van der Waals surface area contributed by atoms with Crippen molar-refractivity contribution in [3.05, 3.63) is 71.8 Å². The van der Waals surface area contributed by atoms with E-state index in [2.05, 4.69) is 10.6 Å². The molecule has 2 rings (SSSR count). The number of carbonyl (C=O) groups excluding carboxylic acids is 2. The van der Waals surface area contributed by atoms with E-state index < -0.39 is 17.6 Å². The Morgan fingerprint density at radius 1 is 1.00 bits per heavy atom. The van der Waals surface area contributed by atoms with E-state index >= 15 is 0 Å². The van der Waals surface area contributed by atoms with Crippen LogP contribution in [0.25, 0.3) is 0 Å². The van der Waals surface area contributed by atoms with E-state index in [1.807, 2.05) is 74.5 Å². The molecule has 0 saturated carbocycles. The van der Waals surface area contributed by atoms with Crippen molar-refractivity contribution in [2.75, 3.05) is 7.05 Å². The predicted octanol–water partition coefficient (Wildman–Crippen LogP) is 3.01. The van der Waals surface area contributed by atoms with Crippen LogP contribution in [-0.4, -0.2) is 25.1 Å². The van der Waals surface area contributed by atoms with Gasteiger partial charge in [-0.1, -0.05) is 74.5 Å². The lowest BCUT2D eigenvalue weighted by molar-refractivity contribution is -0.124. The van der Waals surface area contributed by atoms with Crippen LogP contribution in [0.5, 0.6) is 0 Å². The molecule has 0 aliphatic carbocycles. The first-order valence-corrected chi connectivity index (χ1v) is 8.19. The number of benzene rings is 2. The van der Waals surface area contributed by atoms with Crippen LogP contribution in [0.15, 0.2) is 60.7 Å². The number of hydrogen-bond donors (Lipinski definition) is 2. The third kappa shape index (κ3) is 4.83. The molecule has 5 nitrogen and oxygen atoms in total. The average Bonchev–Trinajstić information content (AvgIpc) is 2.65. The van der Waals surface area contributed by atoms with Crippen LogP contribution in [0.2, 0.25) is 0 Å². The van der Waals surface area contributed by atoms with Gasteiger partial charge in [0.2, 0.25) is 5.91 Å². The standard InChI is InChI=1S/C20H24N2O3/c1-20(2,16-12-8-5-9-13-16)17(18(23)21-3)22-19(24)25-14-15-10-6-4-7-11-15/h4-13,17H,14H2,1-3H3,(H,21,23)(H,22,24). The summed E-state index contributed by atoms with van der Waals surface area (Å²) < 4.78 is 5.25. The molecule has 0 fully saturated rings.